The van der Waals surface area contributed by atoms with Crippen LogP contribution in [0.5, 0.6) is 0 Å². The number of halogens is 1. The maximum Gasteiger partial charge on any atom is 0.322 e. The van der Waals surface area contributed by atoms with Crippen LogP contribution in [0.1, 0.15) is 31.0 Å². The van der Waals surface area contributed by atoms with Crippen LogP contribution in [0, 0.1) is 19.7 Å². The molecule has 0 aliphatic heterocycles. The number of nitrogens with one attached hydrogen (secondary N) is 2. The number of unbranched alkanes of at least 4 members (excludes halogenated alkanes) is 1. The molecule has 2 N–H and O–H groups in total. The molecular weight excluding hydrogens is 481 g/mol. The number of rotatable bonds is 9. The van der Waals surface area contributed by atoms with Gasteiger partial charge in [-0.25, -0.2) is 13.9 Å². The maximum absolute atomic E-state index is 13.6. The molecule has 8 heteroatoms. The summed E-state index contributed by atoms with van der Waals surface area (Å²) in [7, 11) is 0. The standard InChI is InChI=1S/C30H32FN5O2/c1-4-5-18-35(30(38)32-25-13-9-12-24(31)19-25)20-27(37)33-29-28(23-10-7-6-8-11-23)22(3)34-36(29)26-16-14-21(2)15-17-26/h6-17,19H,4-5,18,20H2,1-3H3,(H,32,38)(H,33,37). The number of hydrogen-bond acceptors (Lipinski definition) is 3. The van der Waals surface area contributed by atoms with Crippen molar-refractivity contribution in [1.82, 2.24) is 14.7 Å². The molecular formula is C30H32FN5O2. The van der Waals surface area contributed by atoms with Crippen molar-refractivity contribution >= 4 is 23.4 Å². The number of anilines is 2. The minimum absolute atomic E-state index is 0.173. The van der Waals surface area contributed by atoms with E-state index in [9.17, 15) is 14.0 Å². The molecule has 0 saturated heterocycles. The second-order valence-corrected chi connectivity index (χ2v) is 9.19. The average Bonchev–Trinajstić information content (AvgIpc) is 3.22. The SMILES string of the molecule is CCCCN(CC(=O)Nc1c(-c2ccccc2)c(C)nn1-c1ccc(C)cc1)C(=O)Nc1cccc(F)c1. The molecule has 4 rings (SSSR count). The monoisotopic (exact) mass is 513 g/mol. The molecule has 0 radical (unpaired) electrons. The Labute approximate surface area is 222 Å². The van der Waals surface area contributed by atoms with Crippen molar-refractivity contribution in [3.05, 3.63) is 95.9 Å². The van der Waals surface area contributed by atoms with E-state index in [0.717, 1.165) is 40.9 Å². The van der Waals surface area contributed by atoms with Gasteiger partial charge in [0.05, 0.1) is 11.4 Å². The molecule has 0 aliphatic carbocycles. The number of aromatic nitrogens is 2. The van der Waals surface area contributed by atoms with E-state index in [1.165, 1.54) is 23.1 Å². The third-order valence-corrected chi connectivity index (χ3v) is 6.14. The zero-order valence-electron chi connectivity index (χ0n) is 21.9. The fraction of sp³-hybridized carbons (Fsp3) is 0.233. The van der Waals surface area contributed by atoms with Crippen LogP contribution < -0.4 is 10.6 Å². The van der Waals surface area contributed by atoms with Gasteiger partial charge in [-0.05, 0) is 56.2 Å². The van der Waals surface area contributed by atoms with Gasteiger partial charge in [-0.3, -0.25) is 4.79 Å². The van der Waals surface area contributed by atoms with E-state index in [4.69, 9.17) is 5.10 Å². The van der Waals surface area contributed by atoms with Crippen molar-refractivity contribution in [3.8, 4) is 16.8 Å². The minimum atomic E-state index is -0.467. The normalized spacial score (nSPS) is 10.7. The molecule has 0 bridgehead atoms. The Morgan fingerprint density at radius 3 is 2.37 bits per heavy atom. The third-order valence-electron chi connectivity index (χ3n) is 6.14. The number of carbonyl (C=O) groups excluding carboxylic acids is 2. The number of amides is 3. The van der Waals surface area contributed by atoms with Crippen LogP contribution >= 0.6 is 0 Å². The van der Waals surface area contributed by atoms with E-state index in [0.29, 0.717) is 18.1 Å². The first kappa shape index (κ1) is 26.6. The van der Waals surface area contributed by atoms with Crippen LogP contribution in [0.4, 0.5) is 20.7 Å². The minimum Gasteiger partial charge on any atom is -0.315 e. The van der Waals surface area contributed by atoms with E-state index >= 15 is 0 Å². The van der Waals surface area contributed by atoms with Crippen molar-refractivity contribution in [2.45, 2.75) is 33.6 Å². The van der Waals surface area contributed by atoms with Gasteiger partial charge in [-0.15, -0.1) is 0 Å². The number of carbonyl (C=O) groups is 2. The van der Waals surface area contributed by atoms with Gasteiger partial charge < -0.3 is 15.5 Å². The van der Waals surface area contributed by atoms with Crippen molar-refractivity contribution in [3.63, 3.8) is 0 Å². The maximum atomic E-state index is 13.6. The molecule has 7 nitrogen and oxygen atoms in total. The van der Waals surface area contributed by atoms with Gasteiger partial charge in [-0.1, -0.05) is 67.4 Å². The Balaban J connectivity index is 1.62. The van der Waals surface area contributed by atoms with Crippen LogP contribution in [0.15, 0.2) is 78.9 Å². The van der Waals surface area contributed by atoms with E-state index < -0.39 is 11.8 Å². The zero-order valence-corrected chi connectivity index (χ0v) is 21.9. The molecule has 3 amide bonds. The Morgan fingerprint density at radius 1 is 0.947 bits per heavy atom. The lowest BCUT2D eigenvalue weighted by Gasteiger charge is -2.23. The molecule has 3 aromatic carbocycles. The molecule has 1 aromatic heterocycles. The van der Waals surface area contributed by atoms with Crippen LogP contribution in [0.2, 0.25) is 0 Å². The number of urea groups is 1. The van der Waals surface area contributed by atoms with E-state index in [2.05, 4.69) is 10.6 Å². The molecule has 0 fully saturated rings. The predicted molar refractivity (Wildman–Crippen MR) is 149 cm³/mol. The van der Waals surface area contributed by atoms with Gasteiger partial charge in [0.25, 0.3) is 0 Å². The Morgan fingerprint density at radius 2 is 1.68 bits per heavy atom. The van der Waals surface area contributed by atoms with Gasteiger partial charge >= 0.3 is 6.03 Å². The number of aryl methyl sites for hydroxylation is 2. The molecule has 0 aliphatic rings. The highest BCUT2D eigenvalue weighted by molar-refractivity contribution is 5.99. The lowest BCUT2D eigenvalue weighted by atomic mass is 10.1. The van der Waals surface area contributed by atoms with Crippen molar-refractivity contribution in [2.75, 3.05) is 23.7 Å². The number of hydrogen-bond donors (Lipinski definition) is 2. The highest BCUT2D eigenvalue weighted by Gasteiger charge is 2.23. The smallest absolute Gasteiger partial charge is 0.315 e. The molecule has 38 heavy (non-hydrogen) atoms. The molecule has 196 valence electrons. The van der Waals surface area contributed by atoms with Crippen LogP contribution in [-0.2, 0) is 4.79 Å². The summed E-state index contributed by atoms with van der Waals surface area (Å²) in [6, 6.07) is 22.8. The highest BCUT2D eigenvalue weighted by Crippen LogP contribution is 2.33. The lowest BCUT2D eigenvalue weighted by Crippen LogP contribution is -2.41. The first-order valence-electron chi connectivity index (χ1n) is 12.7. The average molecular weight is 514 g/mol. The summed E-state index contributed by atoms with van der Waals surface area (Å²) in [4.78, 5) is 27.9. The van der Waals surface area contributed by atoms with Gasteiger partial charge in [0.2, 0.25) is 5.91 Å². The van der Waals surface area contributed by atoms with Crippen LogP contribution in [-0.4, -0.2) is 39.7 Å². The molecule has 4 aromatic rings. The summed E-state index contributed by atoms with van der Waals surface area (Å²) in [6.45, 7) is 6.14. The second-order valence-electron chi connectivity index (χ2n) is 9.19. The molecule has 0 spiro atoms. The molecule has 0 unspecified atom stereocenters. The second kappa shape index (κ2) is 12.2. The summed E-state index contributed by atoms with van der Waals surface area (Å²) in [5, 5.41) is 10.5. The third kappa shape index (κ3) is 6.45. The van der Waals surface area contributed by atoms with Crippen LogP contribution in [0.25, 0.3) is 16.8 Å². The van der Waals surface area contributed by atoms with Gasteiger partial charge in [0, 0.05) is 17.8 Å². The van der Waals surface area contributed by atoms with Crippen molar-refractivity contribution in [1.29, 1.82) is 0 Å². The highest BCUT2D eigenvalue weighted by atomic mass is 19.1. The van der Waals surface area contributed by atoms with E-state index in [-0.39, 0.29) is 12.5 Å². The lowest BCUT2D eigenvalue weighted by molar-refractivity contribution is -0.116. The molecule has 1 heterocycles. The largest absolute Gasteiger partial charge is 0.322 e. The summed E-state index contributed by atoms with van der Waals surface area (Å²) in [5.41, 5.74) is 4.74. The van der Waals surface area contributed by atoms with Gasteiger partial charge in [0.1, 0.15) is 18.2 Å². The Kier molecular flexibility index (Phi) is 8.53. The fourth-order valence-corrected chi connectivity index (χ4v) is 4.18. The Bertz CT molecular complexity index is 1400. The van der Waals surface area contributed by atoms with Crippen molar-refractivity contribution < 1.29 is 14.0 Å². The molecule has 0 atom stereocenters. The van der Waals surface area contributed by atoms with Crippen molar-refractivity contribution in [2.24, 2.45) is 0 Å². The fourth-order valence-electron chi connectivity index (χ4n) is 4.18. The zero-order chi connectivity index (χ0) is 27.1. The molecule has 0 saturated carbocycles. The van der Waals surface area contributed by atoms with Gasteiger partial charge in [-0.2, -0.15) is 5.10 Å². The summed E-state index contributed by atoms with van der Waals surface area (Å²) >= 11 is 0. The number of benzene rings is 3. The summed E-state index contributed by atoms with van der Waals surface area (Å²) < 4.78 is 15.3. The summed E-state index contributed by atoms with van der Waals surface area (Å²) in [6.07, 6.45) is 1.57. The predicted octanol–water partition coefficient (Wildman–Crippen LogP) is 6.57. The Hall–Kier alpha value is -4.46. The first-order valence-corrected chi connectivity index (χ1v) is 12.7. The van der Waals surface area contributed by atoms with Gasteiger partial charge in [0.15, 0.2) is 0 Å². The summed E-state index contributed by atoms with van der Waals surface area (Å²) in [5.74, 6) is -0.279. The quantitative estimate of drug-likeness (QED) is 0.266. The van der Waals surface area contributed by atoms with E-state index in [1.807, 2.05) is 75.4 Å². The first-order chi connectivity index (χ1) is 18.4. The van der Waals surface area contributed by atoms with E-state index in [1.54, 1.807) is 10.7 Å². The topological polar surface area (TPSA) is 79.3 Å². The number of nitrogens with zero attached hydrogens (tertiary/aromatic N) is 3. The van der Waals surface area contributed by atoms with Crippen LogP contribution in [0.3, 0.4) is 0 Å².